The second kappa shape index (κ2) is 11.1. The number of ether oxygens (including phenoxy) is 2. The minimum Gasteiger partial charge on any atom is -0.493 e. The van der Waals surface area contributed by atoms with Gasteiger partial charge < -0.3 is 20.1 Å². The van der Waals surface area contributed by atoms with Crippen molar-refractivity contribution >= 4 is 50.7 Å². The molecule has 8 nitrogen and oxygen atoms in total. The van der Waals surface area contributed by atoms with Crippen LogP contribution in [0.15, 0.2) is 48.9 Å². The highest BCUT2D eigenvalue weighted by Crippen LogP contribution is 2.35. The van der Waals surface area contributed by atoms with E-state index >= 15 is 0 Å². The molecule has 2 aromatic carbocycles. The van der Waals surface area contributed by atoms with Crippen LogP contribution in [0.3, 0.4) is 0 Å². The molecule has 2 aromatic heterocycles. The van der Waals surface area contributed by atoms with Gasteiger partial charge in [0.25, 0.3) is 5.91 Å². The summed E-state index contributed by atoms with van der Waals surface area (Å²) < 4.78 is 24.6. The molecule has 34 heavy (non-hydrogen) atoms. The summed E-state index contributed by atoms with van der Waals surface area (Å²) >= 11 is 7.09. The van der Waals surface area contributed by atoms with E-state index in [-0.39, 0.29) is 18.0 Å². The topological polar surface area (TPSA) is 98.3 Å². The fourth-order valence-electron chi connectivity index (χ4n) is 3.12. The summed E-state index contributed by atoms with van der Waals surface area (Å²) in [6.45, 7) is 0.731. The van der Waals surface area contributed by atoms with Gasteiger partial charge in [0.1, 0.15) is 18.0 Å². The van der Waals surface area contributed by atoms with Crippen LogP contribution in [-0.4, -0.2) is 40.5 Å². The summed E-state index contributed by atoms with van der Waals surface area (Å²) in [6.07, 6.45) is 3.83. The summed E-state index contributed by atoms with van der Waals surface area (Å²) in [7, 11) is 1.57. The van der Waals surface area contributed by atoms with Crippen LogP contribution in [0.1, 0.15) is 21.7 Å². The molecule has 0 aliphatic rings. The highest BCUT2D eigenvalue weighted by atomic mass is 35.5. The van der Waals surface area contributed by atoms with E-state index in [2.05, 4.69) is 25.6 Å². The number of nitrogens with one attached hydrogen (secondary N) is 2. The maximum atomic E-state index is 13.3. The Labute approximate surface area is 204 Å². The molecule has 0 saturated heterocycles. The van der Waals surface area contributed by atoms with Crippen molar-refractivity contribution in [3.05, 3.63) is 65.2 Å². The van der Waals surface area contributed by atoms with Crippen molar-refractivity contribution in [3.8, 4) is 11.5 Å². The number of hydrogen-bond acceptors (Lipinski definition) is 8. The van der Waals surface area contributed by atoms with Gasteiger partial charge in [0, 0.05) is 34.0 Å². The average molecular weight is 502 g/mol. The van der Waals surface area contributed by atoms with Gasteiger partial charge in [-0.15, -0.1) is 11.6 Å². The number of hydrogen-bond donors (Lipinski definition) is 2. The molecule has 0 saturated carbocycles. The first-order chi connectivity index (χ1) is 16.6. The molecule has 2 heterocycles. The van der Waals surface area contributed by atoms with E-state index < -0.39 is 5.82 Å². The third-order valence-corrected chi connectivity index (χ3v) is 5.93. The number of halogens is 2. The zero-order chi connectivity index (χ0) is 23.9. The lowest BCUT2D eigenvalue weighted by molar-refractivity contribution is 0.0951. The molecule has 0 unspecified atom stereocenters. The van der Waals surface area contributed by atoms with E-state index in [1.54, 1.807) is 31.5 Å². The molecule has 0 radical (unpaired) electrons. The zero-order valence-corrected chi connectivity index (χ0v) is 19.8. The molecule has 0 aliphatic carbocycles. The maximum Gasteiger partial charge on any atom is 0.251 e. The third-order valence-electron chi connectivity index (χ3n) is 4.75. The third kappa shape index (κ3) is 5.70. The van der Waals surface area contributed by atoms with Crippen LogP contribution in [0.25, 0.3) is 10.9 Å². The molecule has 0 bridgehead atoms. The predicted molar refractivity (Wildman–Crippen MR) is 130 cm³/mol. The van der Waals surface area contributed by atoms with Gasteiger partial charge in [-0.1, -0.05) is 17.4 Å². The molecular weight excluding hydrogens is 481 g/mol. The van der Waals surface area contributed by atoms with Crippen LogP contribution in [0, 0.1) is 5.82 Å². The van der Waals surface area contributed by atoms with E-state index in [0.29, 0.717) is 46.9 Å². The standard InChI is InChI=1S/C23H21ClFN5O3S/c1-32-19-9-17-18(10-20(19)33-7-3-6-24)28-13-29-21(17)30-23-27-12-16(34-23)11-26-22(31)14-4-2-5-15(25)8-14/h2,4-5,8-10,12-13H,3,6-7,11H2,1H3,(H,26,31)(H,27,28,29,30). The van der Waals surface area contributed by atoms with Crippen molar-refractivity contribution in [1.82, 2.24) is 20.3 Å². The summed E-state index contributed by atoms with van der Waals surface area (Å²) in [5.41, 5.74) is 0.939. The molecule has 1 amide bonds. The summed E-state index contributed by atoms with van der Waals surface area (Å²) in [5, 5.41) is 7.29. The molecule has 11 heteroatoms. The second-order valence-electron chi connectivity index (χ2n) is 7.08. The normalized spacial score (nSPS) is 10.8. The largest absolute Gasteiger partial charge is 0.493 e. The predicted octanol–water partition coefficient (Wildman–Crippen LogP) is 4.92. The Bertz CT molecular complexity index is 1300. The number of amides is 1. The fourth-order valence-corrected chi connectivity index (χ4v) is 3.98. The summed E-state index contributed by atoms with van der Waals surface area (Å²) in [6, 6.07) is 9.14. The number of carbonyl (C=O) groups excluding carboxylic acids is 1. The van der Waals surface area contributed by atoms with Crippen molar-refractivity contribution in [1.29, 1.82) is 0 Å². The quantitative estimate of drug-likeness (QED) is 0.235. The van der Waals surface area contributed by atoms with Crippen molar-refractivity contribution in [2.45, 2.75) is 13.0 Å². The zero-order valence-electron chi connectivity index (χ0n) is 18.2. The van der Waals surface area contributed by atoms with Gasteiger partial charge in [-0.2, -0.15) is 0 Å². The van der Waals surface area contributed by atoms with Gasteiger partial charge in [0.05, 0.1) is 25.8 Å². The molecule has 176 valence electrons. The van der Waals surface area contributed by atoms with Gasteiger partial charge in [-0.05, 0) is 30.7 Å². The van der Waals surface area contributed by atoms with E-state index in [1.165, 1.54) is 35.9 Å². The first-order valence-electron chi connectivity index (χ1n) is 10.3. The molecule has 0 aliphatic heterocycles. The molecular formula is C23H21ClFN5O3S. The van der Waals surface area contributed by atoms with E-state index in [1.807, 2.05) is 0 Å². The van der Waals surface area contributed by atoms with Gasteiger partial charge in [0.15, 0.2) is 16.6 Å². The molecule has 4 aromatic rings. The number of anilines is 2. The van der Waals surface area contributed by atoms with Crippen LogP contribution < -0.4 is 20.1 Å². The van der Waals surface area contributed by atoms with Gasteiger partial charge >= 0.3 is 0 Å². The number of benzene rings is 2. The first kappa shape index (κ1) is 23.7. The van der Waals surface area contributed by atoms with E-state index in [0.717, 1.165) is 10.3 Å². The van der Waals surface area contributed by atoms with Gasteiger partial charge in [-0.25, -0.2) is 19.3 Å². The monoisotopic (exact) mass is 501 g/mol. The van der Waals surface area contributed by atoms with Crippen molar-refractivity contribution in [3.63, 3.8) is 0 Å². The molecule has 0 spiro atoms. The minimum absolute atomic E-state index is 0.260. The number of alkyl halides is 1. The Morgan fingerprint density at radius 1 is 1.18 bits per heavy atom. The number of fused-ring (bicyclic) bond motifs is 1. The maximum absolute atomic E-state index is 13.3. The lowest BCUT2D eigenvalue weighted by Crippen LogP contribution is -2.22. The summed E-state index contributed by atoms with van der Waals surface area (Å²) in [5.74, 6) is 1.38. The molecule has 2 N–H and O–H groups in total. The van der Waals surface area contributed by atoms with Crippen LogP contribution in [-0.2, 0) is 6.54 Å². The SMILES string of the molecule is COc1cc2c(Nc3ncc(CNC(=O)c4cccc(F)c4)s3)ncnc2cc1OCCCCl. The minimum atomic E-state index is -0.459. The Morgan fingerprint density at radius 3 is 2.85 bits per heavy atom. The lowest BCUT2D eigenvalue weighted by atomic mass is 10.2. The number of carbonyl (C=O) groups is 1. The van der Waals surface area contributed by atoms with Crippen LogP contribution in [0.5, 0.6) is 11.5 Å². The summed E-state index contributed by atoms with van der Waals surface area (Å²) in [4.78, 5) is 26.1. The number of nitrogens with zero attached hydrogens (tertiary/aromatic N) is 3. The average Bonchev–Trinajstić information content (AvgIpc) is 3.29. The Morgan fingerprint density at radius 2 is 2.06 bits per heavy atom. The number of rotatable bonds is 10. The number of methoxy groups -OCH3 is 1. The number of aromatic nitrogens is 3. The molecule has 4 rings (SSSR count). The van der Waals surface area contributed by atoms with Crippen molar-refractivity contribution < 1.29 is 18.7 Å². The lowest BCUT2D eigenvalue weighted by Gasteiger charge is -2.13. The number of thiazole rings is 1. The van der Waals surface area contributed by atoms with Crippen molar-refractivity contribution in [2.75, 3.05) is 24.9 Å². The van der Waals surface area contributed by atoms with Gasteiger partial charge in [-0.3, -0.25) is 4.79 Å². The van der Waals surface area contributed by atoms with Crippen LogP contribution >= 0.6 is 22.9 Å². The van der Waals surface area contributed by atoms with Gasteiger partial charge in [0.2, 0.25) is 0 Å². The highest BCUT2D eigenvalue weighted by Gasteiger charge is 2.13. The van der Waals surface area contributed by atoms with Crippen LogP contribution in [0.2, 0.25) is 0 Å². The smallest absolute Gasteiger partial charge is 0.251 e. The Hall–Kier alpha value is -3.50. The first-order valence-corrected chi connectivity index (χ1v) is 11.7. The van der Waals surface area contributed by atoms with E-state index in [4.69, 9.17) is 21.1 Å². The molecule has 0 fully saturated rings. The van der Waals surface area contributed by atoms with E-state index in [9.17, 15) is 9.18 Å². The Kier molecular flexibility index (Phi) is 7.71. The van der Waals surface area contributed by atoms with Crippen LogP contribution in [0.4, 0.5) is 15.3 Å². The molecule has 0 atom stereocenters. The fraction of sp³-hybridized carbons (Fsp3) is 0.217. The second-order valence-corrected chi connectivity index (χ2v) is 8.58. The Balaban J connectivity index is 1.47. The highest BCUT2D eigenvalue weighted by molar-refractivity contribution is 7.15. The van der Waals surface area contributed by atoms with Crippen molar-refractivity contribution in [2.24, 2.45) is 0 Å².